The molecule has 1 amide bonds. The number of fused-ring (bicyclic) bond motifs is 1. The highest BCUT2D eigenvalue weighted by atomic mass is 16.5. The van der Waals surface area contributed by atoms with Crippen molar-refractivity contribution in [2.24, 2.45) is 0 Å². The average molecular weight is 260 g/mol. The summed E-state index contributed by atoms with van der Waals surface area (Å²) in [5.41, 5.74) is 2.07. The fourth-order valence-electron chi connectivity index (χ4n) is 2.31. The number of amides is 1. The smallest absolute Gasteiger partial charge is 0.227 e. The van der Waals surface area contributed by atoms with Crippen molar-refractivity contribution in [3.05, 3.63) is 23.8 Å². The molecule has 1 aromatic rings. The van der Waals surface area contributed by atoms with E-state index in [2.05, 4.69) is 16.7 Å². The van der Waals surface area contributed by atoms with Crippen molar-refractivity contribution in [3.63, 3.8) is 0 Å². The van der Waals surface area contributed by atoms with E-state index in [0.717, 1.165) is 36.9 Å². The number of rotatable bonds is 5. The molecule has 0 aromatic heterocycles. The molecule has 102 valence electrons. The molecule has 1 saturated carbocycles. The Labute approximate surface area is 113 Å². The van der Waals surface area contributed by atoms with E-state index in [9.17, 15) is 4.79 Å². The van der Waals surface area contributed by atoms with Crippen LogP contribution in [-0.4, -0.2) is 25.1 Å². The van der Waals surface area contributed by atoms with Crippen LogP contribution >= 0.6 is 0 Å². The zero-order valence-electron chi connectivity index (χ0n) is 11.1. The van der Waals surface area contributed by atoms with Crippen LogP contribution in [0.25, 0.3) is 0 Å². The van der Waals surface area contributed by atoms with Gasteiger partial charge in [0.15, 0.2) is 0 Å². The first-order valence-corrected chi connectivity index (χ1v) is 7.10. The van der Waals surface area contributed by atoms with E-state index in [0.29, 0.717) is 13.0 Å². The van der Waals surface area contributed by atoms with Gasteiger partial charge in [0.2, 0.25) is 5.91 Å². The summed E-state index contributed by atoms with van der Waals surface area (Å²) >= 11 is 0. The largest absolute Gasteiger partial charge is 0.491 e. The highest BCUT2D eigenvalue weighted by Crippen LogP contribution is 2.28. The van der Waals surface area contributed by atoms with Crippen LogP contribution < -0.4 is 15.4 Å². The van der Waals surface area contributed by atoms with Gasteiger partial charge in [-0.25, -0.2) is 0 Å². The molecule has 3 rings (SSSR count). The highest BCUT2D eigenvalue weighted by Gasteiger charge is 2.19. The maximum absolute atomic E-state index is 11.5. The minimum absolute atomic E-state index is 0.0336. The summed E-state index contributed by atoms with van der Waals surface area (Å²) < 4.78 is 5.54. The molecule has 0 spiro atoms. The van der Waals surface area contributed by atoms with E-state index in [1.54, 1.807) is 0 Å². The zero-order valence-corrected chi connectivity index (χ0v) is 11.1. The van der Waals surface area contributed by atoms with Gasteiger partial charge in [-0.2, -0.15) is 0 Å². The number of carbonyl (C=O) groups excluding carboxylic acids is 1. The first kappa shape index (κ1) is 12.5. The fourth-order valence-corrected chi connectivity index (χ4v) is 2.31. The number of carbonyl (C=O) groups is 1. The number of hydrogen-bond acceptors (Lipinski definition) is 3. The van der Waals surface area contributed by atoms with Crippen LogP contribution in [-0.2, 0) is 11.2 Å². The van der Waals surface area contributed by atoms with Crippen molar-refractivity contribution in [1.29, 1.82) is 0 Å². The lowest BCUT2D eigenvalue weighted by atomic mass is 10.1. The highest BCUT2D eigenvalue weighted by molar-refractivity contribution is 5.93. The molecule has 1 fully saturated rings. The van der Waals surface area contributed by atoms with Crippen LogP contribution in [0.5, 0.6) is 5.75 Å². The molecule has 2 N–H and O–H groups in total. The van der Waals surface area contributed by atoms with Crippen LogP contribution in [0, 0.1) is 0 Å². The van der Waals surface area contributed by atoms with Crippen LogP contribution in [0.3, 0.4) is 0 Å². The molecule has 1 aliphatic carbocycles. The Kier molecular flexibility index (Phi) is 3.69. The number of aryl methyl sites for hydroxylation is 1. The Bertz CT molecular complexity index is 469. The normalized spacial score (nSPS) is 18.2. The molecule has 2 aliphatic rings. The molecule has 1 aliphatic heterocycles. The van der Waals surface area contributed by atoms with Gasteiger partial charge in [0.1, 0.15) is 5.75 Å². The van der Waals surface area contributed by atoms with Gasteiger partial charge in [0.05, 0.1) is 18.7 Å². The van der Waals surface area contributed by atoms with Crippen molar-refractivity contribution < 1.29 is 9.53 Å². The van der Waals surface area contributed by atoms with Gasteiger partial charge in [-0.05, 0) is 49.9 Å². The summed E-state index contributed by atoms with van der Waals surface area (Å²) in [5.74, 6) is 0.817. The van der Waals surface area contributed by atoms with Gasteiger partial charge in [-0.3, -0.25) is 4.79 Å². The molecule has 0 radical (unpaired) electrons. The summed E-state index contributed by atoms with van der Waals surface area (Å²) in [6, 6.07) is 6.87. The Hall–Kier alpha value is -1.55. The summed E-state index contributed by atoms with van der Waals surface area (Å²) in [7, 11) is 0. The second-order valence-corrected chi connectivity index (χ2v) is 5.31. The predicted molar refractivity (Wildman–Crippen MR) is 74.5 cm³/mol. The van der Waals surface area contributed by atoms with Crippen LogP contribution in [0.1, 0.15) is 31.2 Å². The third-order valence-electron chi connectivity index (χ3n) is 3.56. The lowest BCUT2D eigenvalue weighted by molar-refractivity contribution is -0.116. The number of ether oxygens (including phenoxy) is 1. The standard InChI is InChI=1S/C15H20N2O2/c18-15-7-9-19-14-6-3-11(10-13(14)17-15)2-1-8-16-12-4-5-12/h3,6,10,12,16H,1-2,4-5,7-9H2,(H,17,18). The molecule has 0 unspecified atom stereocenters. The lowest BCUT2D eigenvalue weighted by Crippen LogP contribution is -2.17. The average Bonchev–Trinajstić information content (AvgIpc) is 3.21. The third-order valence-corrected chi connectivity index (χ3v) is 3.56. The lowest BCUT2D eigenvalue weighted by Gasteiger charge is -2.09. The molecular formula is C15H20N2O2. The first-order valence-electron chi connectivity index (χ1n) is 7.10. The van der Waals surface area contributed by atoms with Crippen LogP contribution in [0.15, 0.2) is 18.2 Å². The van der Waals surface area contributed by atoms with Crippen molar-refractivity contribution in [2.45, 2.75) is 38.1 Å². The van der Waals surface area contributed by atoms with E-state index in [1.807, 2.05) is 12.1 Å². The molecule has 0 bridgehead atoms. The molecule has 1 aromatic carbocycles. The zero-order chi connectivity index (χ0) is 13.1. The summed E-state index contributed by atoms with van der Waals surface area (Å²) in [6.07, 6.45) is 5.26. The number of hydrogen-bond donors (Lipinski definition) is 2. The molecule has 1 heterocycles. The minimum Gasteiger partial charge on any atom is -0.491 e. The van der Waals surface area contributed by atoms with Gasteiger partial charge in [-0.1, -0.05) is 6.07 Å². The number of nitrogens with one attached hydrogen (secondary N) is 2. The number of benzene rings is 1. The Balaban J connectivity index is 1.57. The SMILES string of the molecule is O=C1CCOc2ccc(CCCNC3CC3)cc2N1. The molecular weight excluding hydrogens is 240 g/mol. The van der Waals surface area contributed by atoms with Crippen molar-refractivity contribution in [1.82, 2.24) is 5.32 Å². The minimum atomic E-state index is 0.0336. The van der Waals surface area contributed by atoms with Gasteiger partial charge in [0.25, 0.3) is 0 Å². The van der Waals surface area contributed by atoms with Crippen molar-refractivity contribution >= 4 is 11.6 Å². The second kappa shape index (κ2) is 5.61. The monoisotopic (exact) mass is 260 g/mol. The second-order valence-electron chi connectivity index (χ2n) is 5.31. The Morgan fingerprint density at radius 3 is 3.11 bits per heavy atom. The van der Waals surface area contributed by atoms with Gasteiger partial charge < -0.3 is 15.4 Å². The van der Waals surface area contributed by atoms with E-state index in [-0.39, 0.29) is 5.91 Å². The third kappa shape index (κ3) is 3.47. The summed E-state index contributed by atoms with van der Waals surface area (Å²) in [6.45, 7) is 1.54. The predicted octanol–water partition coefficient (Wildman–Crippen LogP) is 2.09. The quantitative estimate of drug-likeness (QED) is 0.797. The molecule has 0 atom stereocenters. The Morgan fingerprint density at radius 1 is 1.37 bits per heavy atom. The first-order chi connectivity index (χ1) is 9.31. The van der Waals surface area contributed by atoms with E-state index in [4.69, 9.17) is 4.74 Å². The van der Waals surface area contributed by atoms with Crippen LogP contribution in [0.4, 0.5) is 5.69 Å². The fraction of sp³-hybridized carbons (Fsp3) is 0.533. The Morgan fingerprint density at radius 2 is 2.26 bits per heavy atom. The van der Waals surface area contributed by atoms with Crippen molar-refractivity contribution in [2.75, 3.05) is 18.5 Å². The number of anilines is 1. The van der Waals surface area contributed by atoms with Gasteiger partial charge in [0, 0.05) is 6.04 Å². The summed E-state index contributed by atoms with van der Waals surface area (Å²) in [4.78, 5) is 11.5. The maximum atomic E-state index is 11.5. The summed E-state index contributed by atoms with van der Waals surface area (Å²) in [5, 5.41) is 6.41. The molecule has 19 heavy (non-hydrogen) atoms. The maximum Gasteiger partial charge on any atom is 0.227 e. The molecule has 4 heteroatoms. The van der Waals surface area contributed by atoms with E-state index >= 15 is 0 Å². The van der Waals surface area contributed by atoms with E-state index < -0.39 is 0 Å². The molecule has 0 saturated heterocycles. The van der Waals surface area contributed by atoms with Crippen LogP contribution in [0.2, 0.25) is 0 Å². The van der Waals surface area contributed by atoms with E-state index in [1.165, 1.54) is 18.4 Å². The van der Waals surface area contributed by atoms with Crippen molar-refractivity contribution in [3.8, 4) is 5.75 Å². The van der Waals surface area contributed by atoms with Gasteiger partial charge in [-0.15, -0.1) is 0 Å². The molecule has 4 nitrogen and oxygen atoms in total. The van der Waals surface area contributed by atoms with Gasteiger partial charge >= 0.3 is 0 Å². The topological polar surface area (TPSA) is 50.4 Å².